The lowest BCUT2D eigenvalue weighted by Gasteiger charge is -2.21. The van der Waals surface area contributed by atoms with Crippen molar-refractivity contribution in [2.24, 2.45) is 5.92 Å². The van der Waals surface area contributed by atoms with Crippen LogP contribution in [0.15, 0.2) is 0 Å². The Bertz CT molecular complexity index is 403. The number of hydrogen-bond acceptors (Lipinski definition) is 6. The molecule has 0 bridgehead atoms. The highest BCUT2D eigenvalue weighted by Crippen LogP contribution is 2.15. The summed E-state index contributed by atoms with van der Waals surface area (Å²) in [6.45, 7) is 6.43. The van der Waals surface area contributed by atoms with Crippen LogP contribution in [0.4, 0.5) is 0 Å². The van der Waals surface area contributed by atoms with Crippen molar-refractivity contribution in [3.05, 3.63) is 0 Å². The van der Waals surface area contributed by atoms with Crippen LogP contribution in [-0.2, 0) is 23.6 Å². The molecule has 0 aliphatic carbocycles. The summed E-state index contributed by atoms with van der Waals surface area (Å²) in [4.78, 5) is 11.5. The first-order valence-corrected chi connectivity index (χ1v) is 9.40. The molecule has 0 aliphatic heterocycles. The van der Waals surface area contributed by atoms with Gasteiger partial charge in [-0.15, -0.1) is 0 Å². The fourth-order valence-corrected chi connectivity index (χ4v) is 2.25. The molecule has 0 aromatic carbocycles. The second kappa shape index (κ2) is 12.7. The molecule has 1 atom stereocenters. The quantitative estimate of drug-likeness (QED) is 0.599. The van der Waals surface area contributed by atoms with Crippen molar-refractivity contribution in [3.8, 4) is 0 Å². The van der Waals surface area contributed by atoms with Crippen LogP contribution < -0.4 is 0 Å². The number of aliphatic hydroxyl groups excluding tert-OH is 1. The number of unbranched alkanes of at least 4 members (excludes halogenated alkanes) is 1. The van der Waals surface area contributed by atoms with Gasteiger partial charge in [-0.1, -0.05) is 26.7 Å². The van der Waals surface area contributed by atoms with Gasteiger partial charge in [-0.05, 0) is 19.8 Å². The zero-order valence-electron chi connectivity index (χ0n) is 15.4. The summed E-state index contributed by atoms with van der Waals surface area (Å²) in [6, 6.07) is 0. The molecule has 0 aromatic heterocycles. The Kier molecular flexibility index (Phi) is 13.5. The smallest absolute Gasteiger partial charge is 0.391 e. The van der Waals surface area contributed by atoms with Crippen molar-refractivity contribution in [1.82, 2.24) is 0 Å². The molecule has 0 amide bonds. The second-order valence-electron chi connectivity index (χ2n) is 6.20. The minimum absolute atomic E-state index is 0.0403. The molecule has 23 heavy (non-hydrogen) atoms. The summed E-state index contributed by atoms with van der Waals surface area (Å²) in [6.07, 6.45) is 3.05. The third-order valence-corrected chi connectivity index (χ3v) is 3.84. The standard InChI is InChI=1S/C10H20O5S.C5H14NO/c1-4-7-8-9(5-2)10(11)15-16(12,13)14-6-3;1-6(2,3)4-5-7/h9H,4-8H2,1-3H3;7H,4-5H2,1-3H3/q;+1. The predicted octanol–water partition coefficient (Wildman–Crippen LogP) is 1.71. The van der Waals surface area contributed by atoms with Gasteiger partial charge in [0.05, 0.1) is 40.3 Å². The van der Waals surface area contributed by atoms with E-state index >= 15 is 0 Å². The van der Waals surface area contributed by atoms with E-state index in [1.165, 1.54) is 6.92 Å². The average Bonchev–Trinajstić information content (AvgIpc) is 2.38. The van der Waals surface area contributed by atoms with E-state index < -0.39 is 16.4 Å². The van der Waals surface area contributed by atoms with Crippen molar-refractivity contribution in [3.63, 3.8) is 0 Å². The topological polar surface area (TPSA) is 89.9 Å². The molecular formula is C15H34NO6S+. The normalized spacial score (nSPS) is 13.0. The second-order valence-corrected chi connectivity index (χ2v) is 7.42. The molecule has 0 rings (SSSR count). The van der Waals surface area contributed by atoms with Crippen LogP contribution in [0, 0.1) is 5.92 Å². The van der Waals surface area contributed by atoms with E-state index in [4.69, 9.17) is 5.11 Å². The maximum atomic E-state index is 11.5. The lowest BCUT2D eigenvalue weighted by atomic mass is 10.00. The number of likely N-dealkylation sites (N-methyl/N-ethyl adjacent to an activating group) is 1. The number of quaternary nitrogens is 1. The van der Waals surface area contributed by atoms with Gasteiger partial charge in [-0.25, -0.2) is 4.18 Å². The van der Waals surface area contributed by atoms with Gasteiger partial charge in [0.2, 0.25) is 0 Å². The largest absolute Gasteiger partial charge is 0.451 e. The minimum Gasteiger partial charge on any atom is -0.391 e. The van der Waals surface area contributed by atoms with Crippen LogP contribution in [-0.4, -0.2) is 64.9 Å². The number of nitrogens with zero attached hydrogens (tertiary/aromatic N) is 1. The Hall–Kier alpha value is -0.700. The number of rotatable bonds is 10. The molecule has 1 unspecified atom stereocenters. The molecule has 0 saturated carbocycles. The predicted molar refractivity (Wildman–Crippen MR) is 89.9 cm³/mol. The van der Waals surface area contributed by atoms with Crippen LogP contribution in [0.5, 0.6) is 0 Å². The van der Waals surface area contributed by atoms with E-state index in [1.54, 1.807) is 0 Å². The van der Waals surface area contributed by atoms with Crippen LogP contribution >= 0.6 is 0 Å². The van der Waals surface area contributed by atoms with Crippen molar-refractivity contribution in [2.45, 2.75) is 46.5 Å². The lowest BCUT2D eigenvalue weighted by molar-refractivity contribution is -0.870. The summed E-state index contributed by atoms with van der Waals surface area (Å²) in [5, 5.41) is 8.39. The van der Waals surface area contributed by atoms with Crippen molar-refractivity contribution < 1.29 is 31.2 Å². The Morgan fingerprint density at radius 2 is 1.74 bits per heavy atom. The van der Waals surface area contributed by atoms with Gasteiger partial charge in [-0.2, -0.15) is 8.42 Å². The van der Waals surface area contributed by atoms with Crippen molar-refractivity contribution in [1.29, 1.82) is 0 Å². The molecule has 1 N–H and O–H groups in total. The molecule has 8 heteroatoms. The average molecular weight is 357 g/mol. The molecule has 0 aliphatic rings. The molecule has 140 valence electrons. The summed E-state index contributed by atoms with van der Waals surface area (Å²) >= 11 is 0. The van der Waals surface area contributed by atoms with Crippen molar-refractivity contribution >= 4 is 16.4 Å². The summed E-state index contributed by atoms with van der Waals surface area (Å²) < 4.78 is 31.7. The summed E-state index contributed by atoms with van der Waals surface area (Å²) in [7, 11) is 1.99. The van der Waals surface area contributed by atoms with Gasteiger partial charge >= 0.3 is 16.4 Å². The fraction of sp³-hybridized carbons (Fsp3) is 0.933. The van der Waals surface area contributed by atoms with E-state index in [9.17, 15) is 13.2 Å². The molecule has 0 saturated heterocycles. The highest BCUT2D eigenvalue weighted by molar-refractivity contribution is 7.82. The minimum atomic E-state index is -4.16. The highest BCUT2D eigenvalue weighted by atomic mass is 32.3. The number of carbonyl (C=O) groups excluding carboxylic acids is 1. The van der Waals surface area contributed by atoms with Gasteiger partial charge in [-0.3, -0.25) is 4.79 Å². The number of hydrogen-bond donors (Lipinski definition) is 1. The molecule has 0 aromatic rings. The SMILES string of the molecule is CCCCC(CC)C(=O)OS(=O)(=O)OCC.C[N+](C)(C)CCO. The Balaban J connectivity index is 0. The van der Waals surface area contributed by atoms with Gasteiger partial charge in [0, 0.05) is 0 Å². The maximum absolute atomic E-state index is 11.5. The highest BCUT2D eigenvalue weighted by Gasteiger charge is 2.24. The first kappa shape index (κ1) is 24.6. The van der Waals surface area contributed by atoms with E-state index in [2.05, 4.69) is 29.5 Å². The fourth-order valence-electron chi connectivity index (χ4n) is 1.58. The first-order valence-electron chi connectivity index (χ1n) is 8.06. The van der Waals surface area contributed by atoms with E-state index in [-0.39, 0.29) is 19.1 Å². The zero-order valence-corrected chi connectivity index (χ0v) is 16.2. The molecule has 7 nitrogen and oxygen atoms in total. The molecule has 0 radical (unpaired) electrons. The molecule has 0 fully saturated rings. The first-order chi connectivity index (χ1) is 10.5. The van der Waals surface area contributed by atoms with Gasteiger partial charge in [0.25, 0.3) is 0 Å². The number of carbonyl (C=O) groups is 1. The van der Waals surface area contributed by atoms with Crippen LogP contribution in [0.25, 0.3) is 0 Å². The monoisotopic (exact) mass is 356 g/mol. The molecule has 0 spiro atoms. The van der Waals surface area contributed by atoms with Gasteiger partial charge < -0.3 is 13.8 Å². The van der Waals surface area contributed by atoms with E-state index in [1.807, 2.05) is 13.8 Å². The Labute approximate surface area is 141 Å². The molecule has 0 heterocycles. The third kappa shape index (κ3) is 16.0. The number of aliphatic hydroxyl groups is 1. The Morgan fingerprint density at radius 1 is 1.17 bits per heavy atom. The molecular weight excluding hydrogens is 322 g/mol. The third-order valence-electron chi connectivity index (χ3n) is 2.95. The maximum Gasteiger partial charge on any atom is 0.451 e. The van der Waals surface area contributed by atoms with Gasteiger partial charge in [0.1, 0.15) is 6.54 Å². The summed E-state index contributed by atoms with van der Waals surface area (Å²) in [5.74, 6) is -1.08. The Morgan fingerprint density at radius 3 is 2.04 bits per heavy atom. The van der Waals surface area contributed by atoms with E-state index in [0.29, 0.717) is 12.8 Å². The van der Waals surface area contributed by atoms with Crippen LogP contribution in [0.3, 0.4) is 0 Å². The van der Waals surface area contributed by atoms with Crippen molar-refractivity contribution in [2.75, 3.05) is 40.9 Å². The zero-order chi connectivity index (χ0) is 18.5. The van der Waals surface area contributed by atoms with Crippen LogP contribution in [0.1, 0.15) is 46.5 Å². The van der Waals surface area contributed by atoms with E-state index in [0.717, 1.165) is 23.9 Å². The lowest BCUT2D eigenvalue weighted by Crippen LogP contribution is -2.36. The van der Waals surface area contributed by atoms with Crippen LogP contribution in [0.2, 0.25) is 0 Å². The summed E-state index contributed by atoms with van der Waals surface area (Å²) in [5.41, 5.74) is 0. The van der Waals surface area contributed by atoms with Gasteiger partial charge in [0.15, 0.2) is 0 Å².